The predicted octanol–water partition coefficient (Wildman–Crippen LogP) is 3.64. The van der Waals surface area contributed by atoms with Crippen LogP contribution in [0.1, 0.15) is 59.8 Å². The van der Waals surface area contributed by atoms with Crippen LogP contribution in [0.25, 0.3) is 0 Å². The molecule has 0 aliphatic rings. The third-order valence-electron chi connectivity index (χ3n) is 3.71. The van der Waals surface area contributed by atoms with Gasteiger partial charge < -0.3 is 14.2 Å². The zero-order chi connectivity index (χ0) is 19.2. The van der Waals surface area contributed by atoms with E-state index in [-0.39, 0.29) is 47.8 Å². The summed E-state index contributed by atoms with van der Waals surface area (Å²) in [5.41, 5.74) is 0. The molecular weight excluding hydrogens is 392 g/mol. The lowest BCUT2D eigenvalue weighted by Crippen LogP contribution is -2.25. The molecule has 0 aliphatic carbocycles. The molecule has 0 saturated carbocycles. The summed E-state index contributed by atoms with van der Waals surface area (Å²) in [5.74, 6) is -1.60. The van der Waals surface area contributed by atoms with Crippen LogP contribution in [0.2, 0.25) is 0 Å². The van der Waals surface area contributed by atoms with Crippen molar-refractivity contribution >= 4 is 33.8 Å². The molecule has 0 aromatic rings. The Balaban J connectivity index is 4.05. The van der Waals surface area contributed by atoms with Crippen molar-refractivity contribution in [2.24, 2.45) is 11.8 Å². The lowest BCUT2D eigenvalue weighted by atomic mass is 9.94. The molecule has 146 valence electrons. The molecule has 0 rings (SSSR count). The van der Waals surface area contributed by atoms with Crippen molar-refractivity contribution < 1.29 is 28.6 Å². The van der Waals surface area contributed by atoms with Crippen molar-refractivity contribution in [1.29, 1.82) is 0 Å². The monoisotopic (exact) mass is 422 g/mol. The van der Waals surface area contributed by atoms with E-state index >= 15 is 0 Å². The van der Waals surface area contributed by atoms with E-state index in [1.54, 1.807) is 13.8 Å². The van der Waals surface area contributed by atoms with Crippen LogP contribution in [0.4, 0.5) is 0 Å². The Morgan fingerprint density at radius 1 is 0.840 bits per heavy atom. The Bertz CT molecular complexity index is 410. The van der Waals surface area contributed by atoms with Gasteiger partial charge in [0.1, 0.15) is 4.83 Å². The summed E-state index contributed by atoms with van der Waals surface area (Å²) >= 11 is 3.11. The molecule has 0 amide bonds. The molecule has 0 N–H and O–H groups in total. The van der Waals surface area contributed by atoms with Crippen molar-refractivity contribution in [3.8, 4) is 0 Å². The summed E-state index contributed by atoms with van der Waals surface area (Å²) in [6, 6.07) is 0. The first-order valence-electron chi connectivity index (χ1n) is 8.97. The van der Waals surface area contributed by atoms with Gasteiger partial charge in [0.15, 0.2) is 0 Å². The highest BCUT2D eigenvalue weighted by molar-refractivity contribution is 9.10. The fourth-order valence-corrected chi connectivity index (χ4v) is 2.18. The fraction of sp³-hybridized carbons (Fsp3) is 0.833. The van der Waals surface area contributed by atoms with Gasteiger partial charge in [-0.25, -0.2) is 0 Å². The van der Waals surface area contributed by atoms with Crippen molar-refractivity contribution in [3.05, 3.63) is 0 Å². The largest absolute Gasteiger partial charge is 0.465 e. The van der Waals surface area contributed by atoms with Crippen LogP contribution in [-0.2, 0) is 28.6 Å². The number of hydrogen-bond donors (Lipinski definition) is 0. The number of esters is 3. The molecule has 3 atom stereocenters. The normalized spacial score (nSPS) is 14.3. The molecular formula is C18H31BrO6. The molecule has 3 unspecified atom stereocenters. The van der Waals surface area contributed by atoms with Crippen molar-refractivity contribution in [2.45, 2.75) is 64.6 Å². The zero-order valence-corrected chi connectivity index (χ0v) is 17.3. The molecule has 0 aromatic heterocycles. The van der Waals surface area contributed by atoms with Gasteiger partial charge in [0.2, 0.25) is 0 Å². The highest BCUT2D eigenvalue weighted by atomic mass is 79.9. The van der Waals surface area contributed by atoms with Gasteiger partial charge in [-0.2, -0.15) is 0 Å². The number of rotatable bonds is 13. The number of carbonyl (C=O) groups excluding carboxylic acids is 3. The minimum atomic E-state index is -0.381. The first-order valence-corrected chi connectivity index (χ1v) is 9.88. The SMILES string of the molecule is CCCCOC(=O)C(CC)CC(C)C(=O)OCCCOC(=O)C(C)Br. The van der Waals surface area contributed by atoms with Crippen molar-refractivity contribution in [1.82, 2.24) is 0 Å². The van der Waals surface area contributed by atoms with Crippen LogP contribution in [0, 0.1) is 11.8 Å². The summed E-state index contributed by atoms with van der Waals surface area (Å²) in [5, 5.41) is 0. The molecule has 0 aromatic carbocycles. The Morgan fingerprint density at radius 3 is 1.88 bits per heavy atom. The smallest absolute Gasteiger partial charge is 0.319 e. The van der Waals surface area contributed by atoms with Gasteiger partial charge in [-0.1, -0.05) is 43.1 Å². The number of halogens is 1. The van der Waals surface area contributed by atoms with Crippen LogP contribution >= 0.6 is 15.9 Å². The van der Waals surface area contributed by atoms with E-state index in [9.17, 15) is 14.4 Å². The molecule has 0 bridgehead atoms. The minimum absolute atomic E-state index is 0.185. The van der Waals surface area contributed by atoms with Crippen LogP contribution in [0.3, 0.4) is 0 Å². The summed E-state index contributed by atoms with van der Waals surface area (Å²) < 4.78 is 15.4. The number of carbonyl (C=O) groups is 3. The van der Waals surface area contributed by atoms with Crippen LogP contribution in [0.15, 0.2) is 0 Å². The molecule has 0 radical (unpaired) electrons. The second kappa shape index (κ2) is 14.1. The van der Waals surface area contributed by atoms with Crippen LogP contribution < -0.4 is 0 Å². The van der Waals surface area contributed by atoms with Gasteiger partial charge in [0.25, 0.3) is 0 Å². The molecule has 0 spiro atoms. The lowest BCUT2D eigenvalue weighted by molar-refractivity contribution is -0.152. The number of ether oxygens (including phenoxy) is 3. The van der Waals surface area contributed by atoms with E-state index < -0.39 is 0 Å². The van der Waals surface area contributed by atoms with Gasteiger partial charge in [0, 0.05) is 6.42 Å². The van der Waals surface area contributed by atoms with E-state index in [0.717, 1.165) is 12.8 Å². The maximum atomic E-state index is 12.0. The maximum Gasteiger partial charge on any atom is 0.319 e. The molecule has 0 heterocycles. The minimum Gasteiger partial charge on any atom is -0.465 e. The molecule has 25 heavy (non-hydrogen) atoms. The van der Waals surface area contributed by atoms with Gasteiger partial charge in [0.05, 0.1) is 31.7 Å². The first-order chi connectivity index (χ1) is 11.8. The van der Waals surface area contributed by atoms with Gasteiger partial charge >= 0.3 is 17.9 Å². The maximum absolute atomic E-state index is 12.0. The lowest BCUT2D eigenvalue weighted by Gasteiger charge is -2.18. The van der Waals surface area contributed by atoms with Crippen molar-refractivity contribution in [3.63, 3.8) is 0 Å². The molecule has 0 fully saturated rings. The fourth-order valence-electron chi connectivity index (χ4n) is 2.05. The average molecular weight is 423 g/mol. The van der Waals surface area contributed by atoms with E-state index in [2.05, 4.69) is 15.9 Å². The van der Waals surface area contributed by atoms with Crippen molar-refractivity contribution in [2.75, 3.05) is 19.8 Å². The molecule has 7 heteroatoms. The van der Waals surface area contributed by atoms with Gasteiger partial charge in [-0.05, 0) is 26.2 Å². The van der Waals surface area contributed by atoms with Gasteiger partial charge in [-0.3, -0.25) is 14.4 Å². The van der Waals surface area contributed by atoms with E-state index in [4.69, 9.17) is 14.2 Å². The Labute approximate surface area is 159 Å². The Morgan fingerprint density at radius 2 is 1.36 bits per heavy atom. The topological polar surface area (TPSA) is 78.9 Å². The third kappa shape index (κ3) is 11.2. The zero-order valence-electron chi connectivity index (χ0n) is 15.7. The van der Waals surface area contributed by atoms with E-state index in [1.807, 2.05) is 13.8 Å². The summed E-state index contributed by atoms with van der Waals surface area (Å²) in [7, 11) is 0. The second-order valence-electron chi connectivity index (χ2n) is 6.07. The standard InChI is InChI=1S/C18H31BrO6/c1-5-7-9-25-18(22)15(6-2)12-13(3)16(20)23-10-8-11-24-17(21)14(4)19/h13-15H,5-12H2,1-4H3. The summed E-state index contributed by atoms with van der Waals surface area (Å²) in [6.07, 6.45) is 3.30. The van der Waals surface area contributed by atoms with Crippen LogP contribution in [-0.4, -0.2) is 42.6 Å². The predicted molar refractivity (Wildman–Crippen MR) is 98.4 cm³/mol. The Kier molecular flexibility index (Phi) is 13.5. The molecule has 0 aliphatic heterocycles. The highest BCUT2D eigenvalue weighted by Gasteiger charge is 2.25. The number of hydrogen-bond acceptors (Lipinski definition) is 6. The number of alkyl halides is 1. The van der Waals surface area contributed by atoms with E-state index in [1.165, 1.54) is 0 Å². The highest BCUT2D eigenvalue weighted by Crippen LogP contribution is 2.19. The first kappa shape index (κ1) is 23.9. The Hall–Kier alpha value is -1.11. The summed E-state index contributed by atoms with van der Waals surface area (Å²) in [4.78, 5) is 34.9. The van der Waals surface area contributed by atoms with E-state index in [0.29, 0.717) is 25.9 Å². The average Bonchev–Trinajstić information content (AvgIpc) is 2.58. The third-order valence-corrected chi connectivity index (χ3v) is 4.08. The van der Waals surface area contributed by atoms with Gasteiger partial charge in [-0.15, -0.1) is 0 Å². The quantitative estimate of drug-likeness (QED) is 0.195. The second-order valence-corrected chi connectivity index (χ2v) is 7.44. The summed E-state index contributed by atoms with van der Waals surface area (Å²) in [6.45, 7) is 8.19. The van der Waals surface area contributed by atoms with Crippen LogP contribution in [0.5, 0.6) is 0 Å². The molecule has 6 nitrogen and oxygen atoms in total. The number of unbranched alkanes of at least 4 members (excludes halogenated alkanes) is 1. The molecule has 0 saturated heterocycles.